The molecular weight excluding hydrogens is 372 g/mol. The molecule has 2 aromatic carbocycles. The first-order chi connectivity index (χ1) is 13.3. The highest BCUT2D eigenvalue weighted by Gasteiger charge is 2.15. The number of hydrogen-bond acceptors (Lipinski definition) is 5. The van der Waals surface area contributed by atoms with Gasteiger partial charge in [0.15, 0.2) is 17.3 Å². The molecule has 0 saturated heterocycles. The Bertz CT molecular complexity index is 1040. The van der Waals surface area contributed by atoms with Crippen LogP contribution < -0.4 is 4.74 Å². The lowest BCUT2D eigenvalue weighted by molar-refractivity contribution is 0.318. The number of hydrogen-bond donors (Lipinski definition) is 2. The number of nitrogens with zero attached hydrogens (tertiary/aromatic N) is 3. The van der Waals surface area contributed by atoms with Gasteiger partial charge in [-0.25, -0.2) is 5.10 Å². The minimum Gasteiger partial charge on any atom is -0.504 e. The first-order valence-electron chi connectivity index (χ1n) is 9.08. The molecule has 146 valence electrons. The van der Waals surface area contributed by atoms with Gasteiger partial charge in [0, 0.05) is 11.1 Å². The Balaban J connectivity index is 1.95. The van der Waals surface area contributed by atoms with Crippen LogP contribution in [-0.4, -0.2) is 32.8 Å². The van der Waals surface area contributed by atoms with Gasteiger partial charge in [-0.1, -0.05) is 51.1 Å². The van der Waals surface area contributed by atoms with E-state index in [1.54, 1.807) is 18.2 Å². The zero-order valence-electron chi connectivity index (χ0n) is 16.4. The molecule has 0 bridgehead atoms. The number of aromatic hydroxyl groups is 1. The van der Waals surface area contributed by atoms with E-state index < -0.39 is 0 Å². The first-order valence-corrected chi connectivity index (χ1v) is 9.49. The predicted molar refractivity (Wildman–Crippen MR) is 114 cm³/mol. The van der Waals surface area contributed by atoms with Gasteiger partial charge in [-0.2, -0.15) is 14.9 Å². The molecule has 1 heterocycles. The highest BCUT2D eigenvalue weighted by molar-refractivity contribution is 7.71. The molecule has 0 saturated carbocycles. The maximum Gasteiger partial charge on any atom is 0.216 e. The standard InChI is InChI=1S/C21H24N4O2S/c1-5-27-17-8-6-7-15(18(17)26)13-22-25-19(23-24-20(25)28)14-9-11-16(12-10-14)21(2,3)4/h6-13,26H,5H2,1-4H3,(H,24,28)/b22-13+. The Labute approximate surface area is 169 Å². The van der Waals surface area contributed by atoms with Crippen LogP contribution in [0, 0.1) is 4.77 Å². The molecule has 2 N–H and O–H groups in total. The summed E-state index contributed by atoms with van der Waals surface area (Å²) in [5, 5.41) is 21.8. The third kappa shape index (κ3) is 4.14. The molecule has 3 rings (SSSR count). The lowest BCUT2D eigenvalue weighted by Gasteiger charge is -2.18. The molecule has 0 fully saturated rings. The fraction of sp³-hybridized carbons (Fsp3) is 0.286. The SMILES string of the molecule is CCOc1cccc(/C=N/n2c(-c3ccc(C(C)(C)C)cc3)n[nH]c2=S)c1O. The van der Waals surface area contributed by atoms with Crippen LogP contribution in [0.2, 0.25) is 0 Å². The smallest absolute Gasteiger partial charge is 0.216 e. The lowest BCUT2D eigenvalue weighted by Crippen LogP contribution is -2.10. The van der Waals surface area contributed by atoms with Crippen LogP contribution >= 0.6 is 12.2 Å². The Morgan fingerprint density at radius 2 is 1.93 bits per heavy atom. The topological polar surface area (TPSA) is 75.4 Å². The Morgan fingerprint density at radius 3 is 2.57 bits per heavy atom. The van der Waals surface area contributed by atoms with Crippen molar-refractivity contribution in [2.45, 2.75) is 33.1 Å². The molecular formula is C21H24N4O2S. The molecule has 0 aliphatic heterocycles. The van der Waals surface area contributed by atoms with E-state index in [0.717, 1.165) is 5.56 Å². The largest absolute Gasteiger partial charge is 0.504 e. The summed E-state index contributed by atoms with van der Waals surface area (Å²) in [7, 11) is 0. The van der Waals surface area contributed by atoms with Gasteiger partial charge in [-0.15, -0.1) is 0 Å². The van der Waals surface area contributed by atoms with Gasteiger partial charge in [0.1, 0.15) is 0 Å². The summed E-state index contributed by atoms with van der Waals surface area (Å²) in [4.78, 5) is 0. The van der Waals surface area contributed by atoms with Crippen molar-refractivity contribution >= 4 is 18.4 Å². The summed E-state index contributed by atoms with van der Waals surface area (Å²) in [5.41, 5.74) is 2.73. The molecule has 0 unspecified atom stereocenters. The van der Waals surface area contributed by atoms with Gasteiger partial charge in [0.05, 0.1) is 12.8 Å². The molecule has 7 heteroatoms. The number of phenols is 1. The Morgan fingerprint density at radius 1 is 1.21 bits per heavy atom. The normalized spacial score (nSPS) is 11.9. The van der Waals surface area contributed by atoms with Crippen molar-refractivity contribution in [1.82, 2.24) is 14.9 Å². The van der Waals surface area contributed by atoms with Crippen LogP contribution in [0.4, 0.5) is 0 Å². The van der Waals surface area contributed by atoms with Crippen molar-refractivity contribution in [2.24, 2.45) is 5.10 Å². The number of benzene rings is 2. The summed E-state index contributed by atoms with van der Waals surface area (Å²) >= 11 is 5.32. The Kier molecular flexibility index (Phi) is 5.65. The third-order valence-corrected chi connectivity index (χ3v) is 4.57. The molecule has 3 aromatic rings. The third-order valence-electron chi connectivity index (χ3n) is 4.30. The van der Waals surface area contributed by atoms with E-state index in [0.29, 0.717) is 28.5 Å². The summed E-state index contributed by atoms with van der Waals surface area (Å²) in [6, 6.07) is 13.4. The van der Waals surface area contributed by atoms with Crippen molar-refractivity contribution in [3.63, 3.8) is 0 Å². The van der Waals surface area contributed by atoms with E-state index in [4.69, 9.17) is 17.0 Å². The number of nitrogens with one attached hydrogen (secondary N) is 1. The number of rotatable bonds is 5. The number of phenolic OH excluding ortho intramolecular Hbond substituents is 1. The number of aromatic nitrogens is 3. The van der Waals surface area contributed by atoms with E-state index in [1.807, 2.05) is 19.1 Å². The van der Waals surface area contributed by atoms with Crippen molar-refractivity contribution < 1.29 is 9.84 Å². The second-order valence-electron chi connectivity index (χ2n) is 7.36. The van der Waals surface area contributed by atoms with Crippen molar-refractivity contribution in [2.75, 3.05) is 6.61 Å². The fourth-order valence-corrected chi connectivity index (χ4v) is 2.92. The van der Waals surface area contributed by atoms with Crippen LogP contribution in [0.5, 0.6) is 11.5 Å². The van der Waals surface area contributed by atoms with Gasteiger partial charge in [0.2, 0.25) is 4.77 Å². The molecule has 0 aliphatic carbocycles. The summed E-state index contributed by atoms with van der Waals surface area (Å²) in [5.74, 6) is 1.06. The average Bonchev–Trinajstić information content (AvgIpc) is 3.02. The van der Waals surface area contributed by atoms with E-state index in [-0.39, 0.29) is 11.2 Å². The van der Waals surface area contributed by atoms with Gasteiger partial charge < -0.3 is 9.84 Å². The first kappa shape index (κ1) is 19.8. The van der Waals surface area contributed by atoms with E-state index >= 15 is 0 Å². The van der Waals surface area contributed by atoms with Gasteiger partial charge in [0.25, 0.3) is 0 Å². The Hall–Kier alpha value is -2.93. The summed E-state index contributed by atoms with van der Waals surface area (Å²) < 4.78 is 7.32. The zero-order valence-corrected chi connectivity index (χ0v) is 17.2. The number of H-pyrrole nitrogens is 1. The van der Waals surface area contributed by atoms with Gasteiger partial charge in [-0.05, 0) is 42.3 Å². The minimum atomic E-state index is 0.0409. The van der Waals surface area contributed by atoms with Crippen molar-refractivity contribution in [3.05, 3.63) is 58.4 Å². The second-order valence-corrected chi connectivity index (χ2v) is 7.75. The van der Waals surface area contributed by atoms with E-state index in [9.17, 15) is 5.11 Å². The minimum absolute atomic E-state index is 0.0409. The fourth-order valence-electron chi connectivity index (χ4n) is 2.74. The van der Waals surface area contributed by atoms with Crippen LogP contribution in [0.3, 0.4) is 0 Å². The molecule has 0 radical (unpaired) electrons. The monoisotopic (exact) mass is 396 g/mol. The number of aromatic amines is 1. The van der Waals surface area contributed by atoms with Gasteiger partial charge >= 0.3 is 0 Å². The molecule has 0 atom stereocenters. The molecule has 6 nitrogen and oxygen atoms in total. The maximum absolute atomic E-state index is 10.3. The molecule has 0 aliphatic rings. The van der Waals surface area contributed by atoms with Crippen LogP contribution in [-0.2, 0) is 5.41 Å². The highest BCUT2D eigenvalue weighted by Crippen LogP contribution is 2.29. The van der Waals surface area contributed by atoms with Crippen molar-refractivity contribution in [1.29, 1.82) is 0 Å². The average molecular weight is 397 g/mol. The second kappa shape index (κ2) is 7.98. The van der Waals surface area contributed by atoms with Crippen LogP contribution in [0.1, 0.15) is 38.8 Å². The van der Waals surface area contributed by atoms with E-state index in [1.165, 1.54) is 16.5 Å². The quantitative estimate of drug-likeness (QED) is 0.475. The molecule has 1 aromatic heterocycles. The number of para-hydroxylation sites is 1. The van der Waals surface area contributed by atoms with Crippen LogP contribution in [0.25, 0.3) is 11.4 Å². The maximum atomic E-state index is 10.3. The predicted octanol–water partition coefficient (Wildman–Crippen LogP) is 4.89. The molecule has 0 amide bonds. The summed E-state index contributed by atoms with van der Waals surface area (Å²) in [6.45, 7) is 8.85. The van der Waals surface area contributed by atoms with Crippen molar-refractivity contribution in [3.8, 4) is 22.9 Å². The van der Waals surface area contributed by atoms with E-state index in [2.05, 4.69) is 48.2 Å². The van der Waals surface area contributed by atoms with Gasteiger partial charge in [-0.3, -0.25) is 0 Å². The summed E-state index contributed by atoms with van der Waals surface area (Å²) in [6.07, 6.45) is 1.54. The number of ether oxygens (including phenoxy) is 1. The molecule has 0 spiro atoms. The lowest BCUT2D eigenvalue weighted by atomic mass is 9.87. The van der Waals surface area contributed by atoms with Crippen LogP contribution in [0.15, 0.2) is 47.6 Å². The molecule has 28 heavy (non-hydrogen) atoms. The zero-order chi connectivity index (χ0) is 20.3. The highest BCUT2D eigenvalue weighted by atomic mass is 32.1.